The van der Waals surface area contributed by atoms with Gasteiger partial charge in [0.05, 0.1) is 31.0 Å². The van der Waals surface area contributed by atoms with Crippen molar-refractivity contribution in [2.45, 2.75) is 19.0 Å². The predicted molar refractivity (Wildman–Crippen MR) is 122 cm³/mol. The average molecular weight is 451 g/mol. The maximum absolute atomic E-state index is 13.8. The Balaban J connectivity index is 1.64. The van der Waals surface area contributed by atoms with Gasteiger partial charge in [-0.25, -0.2) is 0 Å². The van der Waals surface area contributed by atoms with Crippen LogP contribution >= 0.6 is 11.6 Å². The highest BCUT2D eigenvalue weighted by molar-refractivity contribution is 6.30. The molecular weight excluding hydrogens is 428 g/mol. The highest BCUT2D eigenvalue weighted by Gasteiger charge is 2.64. The highest BCUT2D eigenvalue weighted by atomic mass is 35.5. The van der Waals surface area contributed by atoms with Crippen LogP contribution in [0.4, 0.5) is 5.69 Å². The minimum absolute atomic E-state index is 0.184. The first-order valence-corrected chi connectivity index (χ1v) is 11.0. The number of benzene rings is 2. The SMILES string of the molecule is COCCN1C(=O)[C@@H]2[C@H](C1=O)[C@H](C(=O)c1ccc(Cl)cc1)N1c3ccccc3C(C)=C[C@H]21. The lowest BCUT2D eigenvalue weighted by Gasteiger charge is -2.38. The smallest absolute Gasteiger partial charge is 0.235 e. The summed E-state index contributed by atoms with van der Waals surface area (Å²) < 4.78 is 5.10. The van der Waals surface area contributed by atoms with Crippen molar-refractivity contribution in [1.29, 1.82) is 0 Å². The standard InChI is InChI=1S/C25H23ClN2O4/c1-14-13-19-20-21(25(31)27(24(20)30)11-12-32-2)22(23(29)15-7-9-16(26)10-8-15)28(19)18-6-4-3-5-17(14)18/h3-10,13,19-22H,11-12H2,1-2H3/t19-,20+,21+,22-/m1/s1. The van der Waals surface area contributed by atoms with E-state index in [0.29, 0.717) is 10.6 Å². The summed E-state index contributed by atoms with van der Waals surface area (Å²) >= 11 is 6.02. The number of hydrogen-bond donors (Lipinski definition) is 0. The summed E-state index contributed by atoms with van der Waals surface area (Å²) in [6.07, 6.45) is 2.03. The van der Waals surface area contributed by atoms with E-state index in [4.69, 9.17) is 16.3 Å². The molecule has 5 rings (SSSR count). The summed E-state index contributed by atoms with van der Waals surface area (Å²) in [6.45, 7) is 2.46. The maximum Gasteiger partial charge on any atom is 0.235 e. The molecule has 32 heavy (non-hydrogen) atoms. The molecule has 7 heteroatoms. The Kier molecular flexibility index (Phi) is 5.14. The van der Waals surface area contributed by atoms with Gasteiger partial charge in [0, 0.05) is 28.9 Å². The summed E-state index contributed by atoms with van der Waals surface area (Å²) in [4.78, 5) is 43.9. The van der Waals surface area contributed by atoms with Gasteiger partial charge in [-0.3, -0.25) is 19.3 Å². The second kappa shape index (κ2) is 7.87. The molecule has 3 heterocycles. The Morgan fingerprint density at radius 1 is 1.03 bits per heavy atom. The number of amides is 2. The van der Waals surface area contributed by atoms with Gasteiger partial charge in [-0.1, -0.05) is 35.9 Å². The van der Waals surface area contributed by atoms with Crippen LogP contribution in [0.2, 0.25) is 5.02 Å². The van der Waals surface area contributed by atoms with Crippen LogP contribution in [0.3, 0.4) is 0 Å². The molecule has 6 nitrogen and oxygen atoms in total. The number of ether oxygens (including phenoxy) is 1. The van der Waals surface area contributed by atoms with Gasteiger partial charge < -0.3 is 9.64 Å². The number of carbonyl (C=O) groups excluding carboxylic acids is 3. The van der Waals surface area contributed by atoms with Crippen LogP contribution in [0, 0.1) is 11.8 Å². The number of anilines is 1. The Bertz CT molecular complexity index is 1140. The van der Waals surface area contributed by atoms with Gasteiger partial charge in [0.15, 0.2) is 5.78 Å². The van der Waals surface area contributed by atoms with Crippen molar-refractivity contribution in [2.75, 3.05) is 25.2 Å². The van der Waals surface area contributed by atoms with E-state index in [-0.39, 0.29) is 36.8 Å². The Morgan fingerprint density at radius 2 is 1.72 bits per heavy atom. The molecule has 0 spiro atoms. The minimum Gasteiger partial charge on any atom is -0.383 e. The molecule has 4 atom stereocenters. The number of carbonyl (C=O) groups is 3. The number of rotatable bonds is 5. The summed E-state index contributed by atoms with van der Waals surface area (Å²) in [6, 6.07) is 13.4. The van der Waals surface area contributed by atoms with Crippen LogP contribution in [0.1, 0.15) is 22.8 Å². The third-order valence-electron chi connectivity index (χ3n) is 6.76. The fourth-order valence-corrected chi connectivity index (χ4v) is 5.47. The lowest BCUT2D eigenvalue weighted by molar-refractivity contribution is -0.141. The second-order valence-corrected chi connectivity index (χ2v) is 8.89. The molecule has 0 aromatic heterocycles. The number of halogens is 1. The second-order valence-electron chi connectivity index (χ2n) is 8.45. The van der Waals surface area contributed by atoms with E-state index in [2.05, 4.69) is 0 Å². The molecule has 0 bridgehead atoms. The Morgan fingerprint density at radius 3 is 2.44 bits per heavy atom. The van der Waals surface area contributed by atoms with E-state index in [9.17, 15) is 14.4 Å². The molecule has 0 N–H and O–H groups in total. The molecule has 0 radical (unpaired) electrons. The maximum atomic E-state index is 13.8. The summed E-state index contributed by atoms with van der Waals surface area (Å²) in [5, 5.41) is 0.531. The molecule has 3 aliphatic rings. The lowest BCUT2D eigenvalue weighted by atomic mass is 9.85. The monoisotopic (exact) mass is 450 g/mol. The molecule has 2 saturated heterocycles. The van der Waals surface area contributed by atoms with Crippen molar-refractivity contribution in [3.8, 4) is 0 Å². The zero-order valence-corrected chi connectivity index (χ0v) is 18.6. The first-order valence-electron chi connectivity index (χ1n) is 10.6. The van der Waals surface area contributed by atoms with Crippen molar-refractivity contribution >= 4 is 40.5 Å². The normalized spacial score (nSPS) is 26.0. The summed E-state index contributed by atoms with van der Waals surface area (Å²) in [5.41, 5.74) is 3.39. The van der Waals surface area contributed by atoms with E-state index < -0.39 is 17.9 Å². The van der Waals surface area contributed by atoms with Gasteiger partial charge in [0.1, 0.15) is 6.04 Å². The number of fused-ring (bicyclic) bond motifs is 5. The van der Waals surface area contributed by atoms with E-state index in [1.165, 1.54) is 12.0 Å². The lowest BCUT2D eigenvalue weighted by Crippen LogP contribution is -2.49. The van der Waals surface area contributed by atoms with Gasteiger partial charge in [0.25, 0.3) is 0 Å². The molecule has 2 amide bonds. The number of methoxy groups -OCH3 is 1. The summed E-state index contributed by atoms with van der Waals surface area (Å²) in [5.74, 6) is -2.08. The number of para-hydroxylation sites is 1. The molecular formula is C25H23ClN2O4. The fourth-order valence-electron chi connectivity index (χ4n) is 5.35. The molecule has 164 valence electrons. The van der Waals surface area contributed by atoms with E-state index in [0.717, 1.165) is 16.8 Å². The number of imide groups is 1. The number of ketones is 1. The Hall–Kier alpha value is -2.96. The first kappa shape index (κ1) is 20.9. The van der Waals surface area contributed by atoms with Crippen LogP contribution in [0.25, 0.3) is 5.57 Å². The minimum atomic E-state index is -0.777. The number of nitrogens with zero attached hydrogens (tertiary/aromatic N) is 2. The van der Waals surface area contributed by atoms with Crippen LogP contribution in [-0.4, -0.2) is 54.8 Å². The average Bonchev–Trinajstić information content (AvgIpc) is 3.25. The van der Waals surface area contributed by atoms with Crippen molar-refractivity contribution < 1.29 is 19.1 Å². The van der Waals surface area contributed by atoms with Crippen molar-refractivity contribution in [3.05, 3.63) is 70.8 Å². The first-order chi connectivity index (χ1) is 15.4. The molecule has 2 fully saturated rings. The van der Waals surface area contributed by atoms with Crippen LogP contribution in [-0.2, 0) is 14.3 Å². The van der Waals surface area contributed by atoms with Crippen molar-refractivity contribution in [3.63, 3.8) is 0 Å². The summed E-state index contributed by atoms with van der Waals surface area (Å²) in [7, 11) is 1.53. The van der Waals surface area contributed by atoms with Crippen LogP contribution in [0.15, 0.2) is 54.6 Å². The quantitative estimate of drug-likeness (QED) is 0.515. The molecule has 2 aromatic rings. The van der Waals surface area contributed by atoms with E-state index in [1.807, 2.05) is 42.2 Å². The molecule has 0 aliphatic carbocycles. The Labute approximate surface area is 191 Å². The number of allylic oxidation sites excluding steroid dienone is 1. The predicted octanol–water partition coefficient (Wildman–Crippen LogP) is 3.44. The zero-order chi connectivity index (χ0) is 22.6. The van der Waals surface area contributed by atoms with Crippen LogP contribution < -0.4 is 4.90 Å². The number of hydrogen-bond acceptors (Lipinski definition) is 5. The van der Waals surface area contributed by atoms with E-state index in [1.54, 1.807) is 24.3 Å². The molecule has 3 aliphatic heterocycles. The van der Waals surface area contributed by atoms with E-state index >= 15 is 0 Å². The number of Topliss-reactive ketones (excluding diaryl/α,β-unsaturated/α-hetero) is 1. The molecule has 0 saturated carbocycles. The van der Waals surface area contributed by atoms with Gasteiger partial charge in [-0.05, 0) is 42.8 Å². The van der Waals surface area contributed by atoms with Crippen molar-refractivity contribution in [1.82, 2.24) is 4.90 Å². The third-order valence-corrected chi connectivity index (χ3v) is 7.01. The van der Waals surface area contributed by atoms with Gasteiger partial charge >= 0.3 is 0 Å². The topological polar surface area (TPSA) is 66.9 Å². The largest absolute Gasteiger partial charge is 0.383 e. The zero-order valence-electron chi connectivity index (χ0n) is 17.8. The van der Waals surface area contributed by atoms with Gasteiger partial charge in [-0.2, -0.15) is 0 Å². The van der Waals surface area contributed by atoms with Gasteiger partial charge in [0.2, 0.25) is 11.8 Å². The van der Waals surface area contributed by atoms with Crippen LogP contribution in [0.5, 0.6) is 0 Å². The fraction of sp³-hybridized carbons (Fsp3) is 0.320. The third kappa shape index (κ3) is 3.01. The molecule has 0 unspecified atom stereocenters. The number of likely N-dealkylation sites (tertiary alicyclic amines) is 1. The molecule has 2 aromatic carbocycles. The highest BCUT2D eigenvalue weighted by Crippen LogP contribution is 2.50. The van der Waals surface area contributed by atoms with Gasteiger partial charge in [-0.15, -0.1) is 0 Å². The van der Waals surface area contributed by atoms with Crippen molar-refractivity contribution in [2.24, 2.45) is 11.8 Å².